The minimum atomic E-state index is -4.49. The molecule has 0 fully saturated rings. The summed E-state index contributed by atoms with van der Waals surface area (Å²) in [5.41, 5.74) is 1.30. The molecule has 0 spiro atoms. The highest BCUT2D eigenvalue weighted by Gasteiger charge is 2.21. The molecule has 0 saturated heterocycles. The van der Waals surface area contributed by atoms with Gasteiger partial charge in [-0.3, -0.25) is 4.55 Å². The van der Waals surface area contributed by atoms with Gasteiger partial charge in [-0.1, -0.05) is 48.5 Å². The number of hydrogen-bond donors (Lipinski definition) is 1. The molecule has 0 aliphatic heterocycles. The van der Waals surface area contributed by atoms with Crippen LogP contribution in [0.1, 0.15) is 0 Å². The van der Waals surface area contributed by atoms with Crippen molar-refractivity contribution >= 4 is 38.0 Å². The highest BCUT2D eigenvalue weighted by molar-refractivity contribution is 9.22. The van der Waals surface area contributed by atoms with Gasteiger partial charge in [0.05, 0.1) is 19.7 Å². The Kier molecular flexibility index (Phi) is 5.40. The second-order valence-electron chi connectivity index (χ2n) is 3.92. The van der Waals surface area contributed by atoms with Crippen LogP contribution >= 0.6 is 19.7 Å². The second-order valence-corrected chi connectivity index (χ2v) is 11.8. The van der Waals surface area contributed by atoms with Crippen LogP contribution in [0.2, 0.25) is 0 Å². The van der Waals surface area contributed by atoms with E-state index in [9.17, 15) is 16.8 Å². The van der Waals surface area contributed by atoms with Crippen molar-refractivity contribution in [1.29, 1.82) is 0 Å². The molecule has 0 atom stereocenters. The molecule has 1 N–H and O–H groups in total. The molecule has 6 nitrogen and oxygen atoms in total. The zero-order valence-electron chi connectivity index (χ0n) is 10.8. The van der Waals surface area contributed by atoms with Crippen molar-refractivity contribution in [2.45, 2.75) is 0 Å². The van der Waals surface area contributed by atoms with Crippen LogP contribution < -0.4 is 4.18 Å². The fraction of sp³-hybridized carbons (Fsp3) is 0. The zero-order chi connectivity index (χ0) is 16.2. The van der Waals surface area contributed by atoms with Crippen molar-refractivity contribution < 1.29 is 25.6 Å². The molecule has 0 radical (unpaired) electrons. The number of para-hydroxylation sites is 1. The maximum Gasteiger partial charge on any atom is 0.377 e. The second kappa shape index (κ2) is 6.92. The lowest BCUT2D eigenvalue weighted by molar-refractivity contribution is 0.501. The molecule has 0 aliphatic carbocycles. The molecule has 0 aliphatic rings. The molecular weight excluding hydrogens is 368 g/mol. The standard InChI is InChI=1S/C12H10O6S4/c13-21(14,15)19-20-22(16,17)18-12-9-5-4-8-11(12)10-6-2-1-3-7-10/h1-9H,(H,13,14,15). The number of benzene rings is 2. The lowest BCUT2D eigenvalue weighted by Gasteiger charge is -2.10. The lowest BCUT2D eigenvalue weighted by atomic mass is 10.1. The molecule has 0 unspecified atom stereocenters. The Balaban J connectivity index is 2.27. The van der Waals surface area contributed by atoms with Crippen molar-refractivity contribution in [1.82, 2.24) is 0 Å². The first-order chi connectivity index (χ1) is 10.3. The molecular formula is C12H10O6S4. The van der Waals surface area contributed by atoms with Gasteiger partial charge in [0.15, 0.2) is 5.75 Å². The molecule has 2 aromatic carbocycles. The molecule has 118 valence electrons. The molecule has 0 amide bonds. The summed E-state index contributed by atoms with van der Waals surface area (Å²) in [6.07, 6.45) is 0. The monoisotopic (exact) mass is 378 g/mol. The normalized spacial score (nSPS) is 12.0. The predicted molar refractivity (Wildman–Crippen MR) is 88.2 cm³/mol. The van der Waals surface area contributed by atoms with Crippen molar-refractivity contribution in [2.75, 3.05) is 0 Å². The van der Waals surface area contributed by atoms with E-state index < -0.39 is 18.3 Å². The summed E-state index contributed by atoms with van der Waals surface area (Å²) >= 11 is 0. The third kappa shape index (κ3) is 5.21. The molecule has 10 heteroatoms. The van der Waals surface area contributed by atoms with Gasteiger partial charge in [-0.05, 0) is 11.6 Å². The minimum Gasteiger partial charge on any atom is -0.373 e. The van der Waals surface area contributed by atoms with Gasteiger partial charge < -0.3 is 4.18 Å². The van der Waals surface area contributed by atoms with Gasteiger partial charge in [0, 0.05) is 5.56 Å². The maximum atomic E-state index is 11.8. The Labute approximate surface area is 135 Å². The van der Waals surface area contributed by atoms with E-state index in [4.69, 9.17) is 8.74 Å². The van der Waals surface area contributed by atoms with E-state index >= 15 is 0 Å². The van der Waals surface area contributed by atoms with Gasteiger partial charge in [-0.2, -0.15) is 16.8 Å². The van der Waals surface area contributed by atoms with Gasteiger partial charge in [-0.15, -0.1) is 0 Å². The topological polar surface area (TPSA) is 97.7 Å². The summed E-state index contributed by atoms with van der Waals surface area (Å²) in [6, 6.07) is 15.4. The number of rotatable bonds is 6. The average molecular weight is 378 g/mol. The summed E-state index contributed by atoms with van der Waals surface area (Å²) in [4.78, 5) is 0. The lowest BCUT2D eigenvalue weighted by Crippen LogP contribution is -2.04. The molecule has 2 rings (SSSR count). The first kappa shape index (κ1) is 17.2. The van der Waals surface area contributed by atoms with E-state index in [-0.39, 0.29) is 25.4 Å². The van der Waals surface area contributed by atoms with Gasteiger partial charge in [0.1, 0.15) is 0 Å². The van der Waals surface area contributed by atoms with Crippen LogP contribution in [0.5, 0.6) is 5.75 Å². The van der Waals surface area contributed by atoms with Crippen LogP contribution in [0.25, 0.3) is 11.1 Å². The van der Waals surface area contributed by atoms with E-state index in [0.29, 0.717) is 5.56 Å². The minimum absolute atomic E-state index is 0.0668. The third-order valence-corrected chi connectivity index (χ3v) is 9.57. The van der Waals surface area contributed by atoms with Crippen LogP contribution in [-0.4, -0.2) is 21.4 Å². The molecule has 2 aromatic rings. The summed E-state index contributed by atoms with van der Waals surface area (Å²) < 4.78 is 58.2. The van der Waals surface area contributed by atoms with Crippen LogP contribution in [0.4, 0.5) is 0 Å². The average Bonchev–Trinajstić information content (AvgIpc) is 2.46. The zero-order valence-corrected chi connectivity index (χ0v) is 14.1. The highest BCUT2D eigenvalue weighted by atomic mass is 33.7. The van der Waals surface area contributed by atoms with Crippen molar-refractivity contribution in [3.05, 3.63) is 54.6 Å². The van der Waals surface area contributed by atoms with Gasteiger partial charge in [0.2, 0.25) is 0 Å². The fourth-order valence-corrected chi connectivity index (χ4v) is 8.06. The van der Waals surface area contributed by atoms with E-state index in [1.54, 1.807) is 42.5 Å². The quantitative estimate of drug-likeness (QED) is 0.605. The van der Waals surface area contributed by atoms with Crippen molar-refractivity contribution in [3.63, 3.8) is 0 Å². The van der Waals surface area contributed by atoms with Crippen LogP contribution in [-0.2, 0) is 18.3 Å². The SMILES string of the molecule is O=S(=O)(O)SSS(=O)(=O)Oc1ccccc1-c1ccccc1. The Morgan fingerprint density at radius 1 is 0.818 bits per heavy atom. The fourth-order valence-electron chi connectivity index (χ4n) is 1.59. The van der Waals surface area contributed by atoms with Gasteiger partial charge in [-0.25, -0.2) is 0 Å². The molecule has 0 aromatic heterocycles. The highest BCUT2D eigenvalue weighted by Crippen LogP contribution is 2.37. The van der Waals surface area contributed by atoms with E-state index in [1.165, 1.54) is 6.07 Å². The van der Waals surface area contributed by atoms with E-state index in [0.717, 1.165) is 5.56 Å². The van der Waals surface area contributed by atoms with Crippen LogP contribution in [0, 0.1) is 0 Å². The summed E-state index contributed by atoms with van der Waals surface area (Å²) in [7, 11) is -9.04. The molecule has 22 heavy (non-hydrogen) atoms. The largest absolute Gasteiger partial charge is 0.377 e. The Morgan fingerprint density at radius 3 is 2.05 bits per heavy atom. The third-order valence-electron chi connectivity index (χ3n) is 2.36. The summed E-state index contributed by atoms with van der Waals surface area (Å²) in [5.74, 6) is 0.0668. The Bertz CT molecular complexity index is 846. The van der Waals surface area contributed by atoms with Crippen LogP contribution in [0.3, 0.4) is 0 Å². The predicted octanol–water partition coefficient (Wildman–Crippen LogP) is 3.16. The van der Waals surface area contributed by atoms with Gasteiger partial charge in [0.25, 0.3) is 0 Å². The van der Waals surface area contributed by atoms with Crippen LogP contribution in [0.15, 0.2) is 54.6 Å². The molecule has 0 saturated carbocycles. The Morgan fingerprint density at radius 2 is 1.41 bits per heavy atom. The Hall–Kier alpha value is -1.20. The summed E-state index contributed by atoms with van der Waals surface area (Å²) in [5, 5.41) is 0. The first-order valence-corrected chi connectivity index (χ1v) is 11.7. The molecule has 0 bridgehead atoms. The smallest absolute Gasteiger partial charge is 0.373 e. The van der Waals surface area contributed by atoms with E-state index in [1.807, 2.05) is 6.07 Å². The first-order valence-electron chi connectivity index (χ1n) is 5.71. The maximum absolute atomic E-state index is 11.8. The number of hydrogen-bond acceptors (Lipinski definition) is 7. The van der Waals surface area contributed by atoms with E-state index in [2.05, 4.69) is 0 Å². The van der Waals surface area contributed by atoms with Crippen molar-refractivity contribution in [2.24, 2.45) is 0 Å². The van der Waals surface area contributed by atoms with Crippen molar-refractivity contribution in [3.8, 4) is 16.9 Å². The van der Waals surface area contributed by atoms with Gasteiger partial charge >= 0.3 is 18.3 Å². The summed E-state index contributed by atoms with van der Waals surface area (Å²) in [6.45, 7) is 0. The molecule has 0 heterocycles.